The molecule has 6 heteroatoms. The number of allylic oxidation sites excluding steroid dienone is 1. The molecule has 0 saturated heterocycles. The van der Waals surface area contributed by atoms with Crippen molar-refractivity contribution in [3.63, 3.8) is 0 Å². The average molecular weight is 753 g/mol. The Morgan fingerprint density at radius 3 is 1.12 bits per heavy atom. The zero-order valence-corrected chi connectivity index (χ0v) is 33.2. The average Bonchev–Trinajstić information content (AvgIpc) is 3.27. The van der Waals surface area contributed by atoms with Crippen LogP contribution in [0.5, 0.6) is 0 Å². The van der Waals surface area contributed by atoms with Gasteiger partial charge in [-0.25, -0.2) is 4.85 Å². The van der Waals surface area contributed by atoms with Gasteiger partial charge in [-0.15, -0.1) is 0 Å². The third-order valence-electron chi connectivity index (χ3n) is 9.93. The normalized spacial score (nSPS) is 11.3. The van der Waals surface area contributed by atoms with Crippen LogP contribution in [0.2, 0.25) is 0 Å². The molecule has 0 unspecified atom stereocenters. The SMILES string of the molecule is [C-]#[N+]C(=Cc1ccc(N(c2ccccc2)c2ccc(N(C)C)cc2)cc1)c1ccc(C(C#N)=Cc2ccc(N(c3ccccc3)c3ccc(N(C)C)cc3)cc2)cc1. The van der Waals surface area contributed by atoms with Crippen LogP contribution in [0.1, 0.15) is 22.3 Å². The largest absolute Gasteiger partial charge is 0.378 e. The molecular formula is C52H44N6. The summed E-state index contributed by atoms with van der Waals surface area (Å²) >= 11 is 0. The Bertz CT molecular complexity index is 2390. The molecule has 6 nitrogen and oxygen atoms in total. The van der Waals surface area contributed by atoms with Gasteiger partial charge in [-0.3, -0.25) is 0 Å². The minimum absolute atomic E-state index is 0.524. The van der Waals surface area contributed by atoms with Gasteiger partial charge in [-0.05, 0) is 131 Å². The van der Waals surface area contributed by atoms with Gasteiger partial charge >= 0.3 is 0 Å². The van der Waals surface area contributed by atoms with E-state index in [1.54, 1.807) is 0 Å². The second-order valence-electron chi connectivity index (χ2n) is 14.2. The van der Waals surface area contributed by atoms with Gasteiger partial charge in [0.05, 0.1) is 18.2 Å². The van der Waals surface area contributed by atoms with Crippen LogP contribution in [0, 0.1) is 17.9 Å². The Kier molecular flexibility index (Phi) is 11.8. The standard InChI is InChI=1S/C52H44N6/c1-54-52(37-40-18-26-49(27-19-40)58(47-14-10-7-11-15-47)51-34-30-45(31-35-51)56(4)5)42-22-20-41(21-23-42)43(38-53)36-39-16-24-48(25-17-39)57(46-12-8-6-9-13-46)50-32-28-44(29-33-50)55(2)3/h6-37H,2-5H3. The second kappa shape index (κ2) is 17.8. The molecule has 0 aliphatic rings. The van der Waals surface area contributed by atoms with Crippen LogP contribution in [0.4, 0.5) is 45.5 Å². The van der Waals surface area contributed by atoms with E-state index in [0.717, 1.165) is 67.8 Å². The monoisotopic (exact) mass is 752 g/mol. The van der Waals surface area contributed by atoms with Crippen molar-refractivity contribution in [2.45, 2.75) is 0 Å². The molecule has 7 aromatic rings. The fourth-order valence-electron chi connectivity index (χ4n) is 6.79. The molecule has 0 spiro atoms. The van der Waals surface area contributed by atoms with E-state index in [4.69, 9.17) is 6.57 Å². The molecule has 58 heavy (non-hydrogen) atoms. The van der Waals surface area contributed by atoms with Gasteiger partial charge in [-0.2, -0.15) is 5.26 Å². The molecular weight excluding hydrogens is 709 g/mol. The lowest BCUT2D eigenvalue weighted by atomic mass is 10.0. The molecule has 7 aromatic carbocycles. The van der Waals surface area contributed by atoms with Gasteiger partial charge in [0, 0.05) is 73.7 Å². The Morgan fingerprint density at radius 1 is 0.431 bits per heavy atom. The highest BCUT2D eigenvalue weighted by atomic mass is 15.1. The smallest absolute Gasteiger partial charge is 0.194 e. The number of nitriles is 1. The van der Waals surface area contributed by atoms with E-state index in [1.165, 1.54) is 0 Å². The van der Waals surface area contributed by atoms with Gasteiger partial charge in [0.1, 0.15) is 0 Å². The number of hydrogen-bond donors (Lipinski definition) is 0. The van der Waals surface area contributed by atoms with Crippen LogP contribution in [0.15, 0.2) is 182 Å². The van der Waals surface area contributed by atoms with Gasteiger partial charge in [-0.1, -0.05) is 84.9 Å². The summed E-state index contributed by atoms with van der Waals surface area (Å²) in [6, 6.07) is 64.1. The summed E-state index contributed by atoms with van der Waals surface area (Å²) in [4.78, 5) is 12.5. The third kappa shape index (κ3) is 8.84. The molecule has 0 N–H and O–H groups in total. The van der Waals surface area contributed by atoms with Crippen LogP contribution in [0.25, 0.3) is 28.3 Å². The second-order valence-corrected chi connectivity index (χ2v) is 14.2. The first-order valence-corrected chi connectivity index (χ1v) is 19.1. The number of benzene rings is 7. The van der Waals surface area contributed by atoms with E-state index in [0.29, 0.717) is 11.3 Å². The van der Waals surface area contributed by atoms with Crippen LogP contribution in [-0.4, -0.2) is 28.2 Å². The van der Waals surface area contributed by atoms with E-state index >= 15 is 0 Å². The van der Waals surface area contributed by atoms with Crippen molar-refractivity contribution in [3.8, 4) is 6.07 Å². The summed E-state index contributed by atoms with van der Waals surface area (Å²) in [5.41, 5.74) is 13.0. The lowest BCUT2D eigenvalue weighted by Gasteiger charge is -2.26. The summed E-state index contributed by atoms with van der Waals surface area (Å²) < 4.78 is 0. The van der Waals surface area contributed by atoms with Crippen molar-refractivity contribution in [1.82, 2.24) is 0 Å². The summed E-state index contributed by atoms with van der Waals surface area (Å²) in [6.07, 6.45) is 3.81. The summed E-state index contributed by atoms with van der Waals surface area (Å²) in [5.74, 6) is 0. The summed E-state index contributed by atoms with van der Waals surface area (Å²) in [7, 11) is 8.15. The van der Waals surface area contributed by atoms with Crippen LogP contribution in [-0.2, 0) is 0 Å². The van der Waals surface area contributed by atoms with E-state index in [9.17, 15) is 5.26 Å². The first-order chi connectivity index (χ1) is 28.3. The predicted octanol–water partition coefficient (Wildman–Crippen LogP) is 13.2. The van der Waals surface area contributed by atoms with Crippen molar-refractivity contribution < 1.29 is 0 Å². The lowest BCUT2D eigenvalue weighted by Crippen LogP contribution is -2.11. The molecule has 0 aromatic heterocycles. The Hall–Kier alpha value is -7.80. The Balaban J connectivity index is 1.10. The highest BCUT2D eigenvalue weighted by Gasteiger charge is 2.15. The zero-order valence-electron chi connectivity index (χ0n) is 33.2. The van der Waals surface area contributed by atoms with Crippen molar-refractivity contribution >= 4 is 68.9 Å². The van der Waals surface area contributed by atoms with Crippen molar-refractivity contribution in [1.29, 1.82) is 5.26 Å². The molecule has 0 aliphatic heterocycles. The first kappa shape index (κ1) is 38.5. The van der Waals surface area contributed by atoms with Crippen molar-refractivity contribution in [2.75, 3.05) is 47.8 Å². The molecule has 0 fully saturated rings. The van der Waals surface area contributed by atoms with Gasteiger partial charge in [0.2, 0.25) is 0 Å². The first-order valence-electron chi connectivity index (χ1n) is 19.1. The predicted molar refractivity (Wildman–Crippen MR) is 245 cm³/mol. The maximum atomic E-state index is 10.2. The minimum Gasteiger partial charge on any atom is -0.378 e. The molecule has 0 saturated carbocycles. The van der Waals surface area contributed by atoms with Crippen molar-refractivity contribution in [3.05, 3.63) is 216 Å². The molecule has 282 valence electrons. The Morgan fingerprint density at radius 2 is 0.759 bits per heavy atom. The number of rotatable bonds is 12. The van der Waals surface area contributed by atoms with Gasteiger partial charge in [0.15, 0.2) is 5.70 Å². The van der Waals surface area contributed by atoms with E-state index in [-0.39, 0.29) is 0 Å². The highest BCUT2D eigenvalue weighted by molar-refractivity contribution is 5.92. The van der Waals surface area contributed by atoms with Crippen molar-refractivity contribution in [2.24, 2.45) is 0 Å². The molecule has 0 amide bonds. The number of nitrogens with zero attached hydrogens (tertiary/aromatic N) is 6. The fourth-order valence-corrected chi connectivity index (χ4v) is 6.79. The lowest BCUT2D eigenvalue weighted by molar-refractivity contribution is 1.13. The molecule has 0 bridgehead atoms. The van der Waals surface area contributed by atoms with Crippen LogP contribution in [0.3, 0.4) is 0 Å². The molecule has 0 heterocycles. The number of para-hydroxylation sites is 2. The topological polar surface area (TPSA) is 41.1 Å². The number of anilines is 8. The van der Waals surface area contributed by atoms with E-state index < -0.39 is 0 Å². The molecule has 7 rings (SSSR count). The Labute approximate surface area is 342 Å². The highest BCUT2D eigenvalue weighted by Crippen LogP contribution is 2.37. The van der Waals surface area contributed by atoms with E-state index in [1.807, 2.05) is 125 Å². The zero-order chi connectivity index (χ0) is 40.4. The summed E-state index contributed by atoms with van der Waals surface area (Å²) in [5, 5.41) is 10.2. The quantitative estimate of drug-likeness (QED) is 0.0706. The molecule has 0 aliphatic carbocycles. The van der Waals surface area contributed by atoms with Crippen LogP contribution >= 0.6 is 0 Å². The third-order valence-corrected chi connectivity index (χ3v) is 9.93. The fraction of sp³-hybridized carbons (Fsp3) is 0.0769. The molecule has 0 radical (unpaired) electrons. The van der Waals surface area contributed by atoms with Gasteiger partial charge in [0.25, 0.3) is 0 Å². The van der Waals surface area contributed by atoms with Gasteiger partial charge < -0.3 is 19.6 Å². The van der Waals surface area contributed by atoms with Crippen LogP contribution < -0.4 is 19.6 Å². The van der Waals surface area contributed by atoms with E-state index in [2.05, 4.69) is 128 Å². The summed E-state index contributed by atoms with van der Waals surface area (Å²) in [6.45, 7) is 8.01. The maximum absolute atomic E-state index is 10.2. The molecule has 0 atom stereocenters. The minimum atomic E-state index is 0.524. The number of hydrogen-bond acceptors (Lipinski definition) is 5. The maximum Gasteiger partial charge on any atom is 0.194 e.